The average molecular weight is 168 g/mol. The molecular weight excluding hydrogens is 160 g/mol. The zero-order valence-corrected chi connectivity index (χ0v) is 6.86. The number of hydrogen-bond acceptors (Lipinski definition) is 3. The van der Waals surface area contributed by atoms with Crippen molar-refractivity contribution in [2.75, 3.05) is 24.7 Å². The van der Waals surface area contributed by atoms with E-state index in [-0.39, 0.29) is 10.5 Å². The molecule has 3 nitrogen and oxygen atoms in total. The summed E-state index contributed by atoms with van der Waals surface area (Å²) in [6, 6.07) is 3.87. The normalized spacial score (nSPS) is 18.4. The number of nitrogens with zero attached hydrogens (tertiary/aromatic N) is 2. The minimum atomic E-state index is -0.113. The van der Waals surface area contributed by atoms with Gasteiger partial charge in [-0.1, -0.05) is 0 Å². The van der Waals surface area contributed by atoms with E-state index in [1.54, 1.807) is 0 Å². The van der Waals surface area contributed by atoms with Gasteiger partial charge < -0.3 is 4.74 Å². The molecule has 1 aliphatic rings. The summed E-state index contributed by atoms with van der Waals surface area (Å²) in [6.07, 6.45) is 0. The van der Waals surface area contributed by atoms with Crippen LogP contribution in [0.2, 0.25) is 0 Å². The van der Waals surface area contributed by atoms with Gasteiger partial charge >= 0.3 is 0 Å². The van der Waals surface area contributed by atoms with Crippen LogP contribution < -0.4 is 0 Å². The zero-order chi connectivity index (χ0) is 8.10. The molecule has 0 aromatic carbocycles. The molecular formula is C7H8N2OS. The fraction of sp³-hybridized carbons (Fsp3) is 0.571. The molecule has 1 saturated heterocycles. The van der Waals surface area contributed by atoms with Crippen LogP contribution in [0.3, 0.4) is 0 Å². The molecule has 0 bridgehead atoms. The third-order valence-corrected chi connectivity index (χ3v) is 3.52. The Balaban J connectivity index is 2.77. The van der Waals surface area contributed by atoms with E-state index in [0.717, 1.165) is 11.5 Å². The lowest BCUT2D eigenvalue weighted by Gasteiger charge is -2.15. The summed E-state index contributed by atoms with van der Waals surface area (Å²) in [5, 5.41) is 17.1. The van der Waals surface area contributed by atoms with E-state index in [4.69, 9.17) is 15.3 Å². The standard InChI is InChI=1S/C7H8N2OS/c8-5-7(6-9)11-3-1-10-2-4-11/h1-4H2. The molecule has 0 saturated carbocycles. The van der Waals surface area contributed by atoms with Crippen molar-refractivity contribution in [1.29, 1.82) is 10.5 Å². The summed E-state index contributed by atoms with van der Waals surface area (Å²) in [7, 11) is -0.113. The van der Waals surface area contributed by atoms with E-state index < -0.39 is 0 Å². The molecule has 0 N–H and O–H groups in total. The lowest BCUT2D eigenvalue weighted by molar-refractivity contribution is 0.161. The van der Waals surface area contributed by atoms with Crippen molar-refractivity contribution in [3.63, 3.8) is 0 Å². The number of ether oxygens (including phenoxy) is 1. The predicted octanol–water partition coefficient (Wildman–Crippen LogP) is 0.505. The highest BCUT2D eigenvalue weighted by Gasteiger charge is 2.08. The van der Waals surface area contributed by atoms with Crippen molar-refractivity contribution in [1.82, 2.24) is 0 Å². The topological polar surface area (TPSA) is 56.8 Å². The van der Waals surface area contributed by atoms with Gasteiger partial charge in [-0.25, -0.2) is 0 Å². The van der Waals surface area contributed by atoms with Crippen molar-refractivity contribution in [2.45, 2.75) is 0 Å². The summed E-state index contributed by atoms with van der Waals surface area (Å²) in [5.74, 6) is 1.69. The van der Waals surface area contributed by atoms with Crippen LogP contribution in [-0.4, -0.2) is 29.6 Å². The molecule has 1 heterocycles. The second-order valence-electron chi connectivity index (χ2n) is 2.07. The Kier molecular flexibility index (Phi) is 3.10. The molecule has 0 amide bonds. The average Bonchev–Trinajstić information content (AvgIpc) is 2.09. The van der Waals surface area contributed by atoms with Crippen LogP contribution in [0.4, 0.5) is 0 Å². The summed E-state index contributed by atoms with van der Waals surface area (Å²) in [4.78, 5) is 0.383. The van der Waals surface area contributed by atoms with Gasteiger partial charge in [0.15, 0.2) is 4.86 Å². The van der Waals surface area contributed by atoms with Crippen LogP contribution in [0.5, 0.6) is 0 Å². The van der Waals surface area contributed by atoms with Crippen molar-refractivity contribution in [3.8, 4) is 12.1 Å². The highest BCUT2D eigenvalue weighted by Crippen LogP contribution is 2.17. The summed E-state index contributed by atoms with van der Waals surface area (Å²) >= 11 is 0. The summed E-state index contributed by atoms with van der Waals surface area (Å²) in [5.41, 5.74) is 0. The lowest BCUT2D eigenvalue weighted by atomic mass is 10.5. The molecule has 0 atom stereocenters. The SMILES string of the molecule is N#CC(C#N)=S1CCOCC1. The molecule has 1 aliphatic heterocycles. The largest absolute Gasteiger partial charge is 0.380 e. The van der Waals surface area contributed by atoms with Gasteiger partial charge in [0, 0.05) is 11.5 Å². The fourth-order valence-electron chi connectivity index (χ4n) is 0.881. The van der Waals surface area contributed by atoms with Crippen LogP contribution in [0.15, 0.2) is 0 Å². The van der Waals surface area contributed by atoms with E-state index >= 15 is 0 Å². The third kappa shape index (κ3) is 2.04. The molecule has 4 heteroatoms. The van der Waals surface area contributed by atoms with Gasteiger partial charge in [-0.2, -0.15) is 21.0 Å². The van der Waals surface area contributed by atoms with Crippen LogP contribution in [0, 0.1) is 22.7 Å². The zero-order valence-electron chi connectivity index (χ0n) is 6.04. The van der Waals surface area contributed by atoms with Gasteiger partial charge in [-0.15, -0.1) is 0 Å². The third-order valence-electron chi connectivity index (χ3n) is 1.44. The Bertz CT molecular complexity index is 235. The van der Waals surface area contributed by atoms with Gasteiger partial charge in [-0.3, -0.25) is 0 Å². The molecule has 0 aromatic heterocycles. The first-order chi connectivity index (χ1) is 5.38. The smallest absolute Gasteiger partial charge is 0.153 e. The van der Waals surface area contributed by atoms with Gasteiger partial charge in [0.2, 0.25) is 0 Å². The number of hydrogen-bond donors (Lipinski definition) is 0. The van der Waals surface area contributed by atoms with Crippen LogP contribution in [0.1, 0.15) is 0 Å². The molecule has 0 aliphatic carbocycles. The maximum atomic E-state index is 8.53. The van der Waals surface area contributed by atoms with E-state index in [2.05, 4.69) is 0 Å². The number of nitriles is 2. The first-order valence-electron chi connectivity index (χ1n) is 3.31. The van der Waals surface area contributed by atoms with Crippen LogP contribution >= 0.6 is 10.5 Å². The van der Waals surface area contributed by atoms with Gasteiger partial charge in [0.1, 0.15) is 12.1 Å². The van der Waals surface area contributed by atoms with E-state index in [1.807, 2.05) is 12.1 Å². The fourth-order valence-corrected chi connectivity index (χ4v) is 2.39. The van der Waals surface area contributed by atoms with Crippen molar-refractivity contribution in [2.24, 2.45) is 0 Å². The summed E-state index contributed by atoms with van der Waals surface area (Å²) in [6.45, 7) is 1.38. The maximum absolute atomic E-state index is 8.53. The van der Waals surface area contributed by atoms with Gasteiger partial charge in [-0.05, 0) is 0 Å². The Morgan fingerprint density at radius 2 is 1.73 bits per heavy atom. The lowest BCUT2D eigenvalue weighted by Crippen LogP contribution is -2.14. The molecule has 0 aromatic rings. The van der Waals surface area contributed by atoms with Crippen molar-refractivity contribution < 1.29 is 4.74 Å². The first-order valence-corrected chi connectivity index (χ1v) is 4.87. The molecule has 0 spiro atoms. The van der Waals surface area contributed by atoms with E-state index in [0.29, 0.717) is 18.1 Å². The maximum Gasteiger partial charge on any atom is 0.153 e. The molecule has 1 rings (SSSR count). The molecule has 0 unspecified atom stereocenters. The molecule has 58 valence electrons. The second-order valence-corrected chi connectivity index (χ2v) is 4.28. The minimum absolute atomic E-state index is 0.113. The minimum Gasteiger partial charge on any atom is -0.380 e. The monoisotopic (exact) mass is 168 g/mol. The Morgan fingerprint density at radius 1 is 1.18 bits per heavy atom. The molecule has 0 radical (unpaired) electrons. The van der Waals surface area contributed by atoms with Crippen molar-refractivity contribution >= 4 is 15.3 Å². The Morgan fingerprint density at radius 3 is 2.18 bits per heavy atom. The highest BCUT2D eigenvalue weighted by molar-refractivity contribution is 8.16. The highest BCUT2D eigenvalue weighted by atomic mass is 32.2. The molecule has 11 heavy (non-hydrogen) atoms. The van der Waals surface area contributed by atoms with Crippen LogP contribution in [-0.2, 0) is 4.74 Å². The van der Waals surface area contributed by atoms with E-state index in [1.165, 1.54) is 0 Å². The molecule has 1 fully saturated rings. The Hall–Kier alpha value is -0.840. The van der Waals surface area contributed by atoms with Gasteiger partial charge in [0.25, 0.3) is 0 Å². The Labute approximate surface area is 68.1 Å². The van der Waals surface area contributed by atoms with Crippen LogP contribution in [0.25, 0.3) is 0 Å². The quantitative estimate of drug-likeness (QED) is 0.495. The van der Waals surface area contributed by atoms with Gasteiger partial charge in [0.05, 0.1) is 13.2 Å². The number of rotatable bonds is 0. The predicted molar refractivity (Wildman–Crippen MR) is 44.4 cm³/mol. The second kappa shape index (κ2) is 4.12. The van der Waals surface area contributed by atoms with Crippen molar-refractivity contribution in [3.05, 3.63) is 0 Å². The van der Waals surface area contributed by atoms with E-state index in [9.17, 15) is 0 Å². The summed E-state index contributed by atoms with van der Waals surface area (Å²) < 4.78 is 5.11. The first kappa shape index (κ1) is 8.26.